The van der Waals surface area contributed by atoms with Gasteiger partial charge in [0.15, 0.2) is 0 Å². The molecular formula is C16H26BrNO. The van der Waals surface area contributed by atoms with Gasteiger partial charge >= 0.3 is 0 Å². The molecule has 1 N–H and O–H groups in total. The van der Waals surface area contributed by atoms with E-state index < -0.39 is 0 Å². The molecule has 0 saturated heterocycles. The number of hydrogen-bond donors (Lipinski definition) is 1. The molecule has 0 bridgehead atoms. The van der Waals surface area contributed by atoms with Gasteiger partial charge in [0, 0.05) is 17.6 Å². The van der Waals surface area contributed by atoms with E-state index >= 15 is 0 Å². The Morgan fingerprint density at radius 1 is 1.37 bits per heavy atom. The van der Waals surface area contributed by atoms with Gasteiger partial charge in [0.05, 0.1) is 5.60 Å². The highest BCUT2D eigenvalue weighted by Crippen LogP contribution is 2.26. The first-order chi connectivity index (χ1) is 8.98. The van der Waals surface area contributed by atoms with Crippen molar-refractivity contribution in [2.24, 2.45) is 0 Å². The molecule has 0 aliphatic heterocycles. The summed E-state index contributed by atoms with van der Waals surface area (Å²) in [5.74, 6) is 0. The summed E-state index contributed by atoms with van der Waals surface area (Å²) < 4.78 is 6.65. The van der Waals surface area contributed by atoms with Gasteiger partial charge in [-0.25, -0.2) is 0 Å². The van der Waals surface area contributed by atoms with Gasteiger partial charge in [0.25, 0.3) is 0 Å². The molecule has 1 rings (SSSR count). The maximum Gasteiger partial charge on any atom is 0.0623 e. The molecule has 108 valence electrons. The van der Waals surface area contributed by atoms with E-state index in [9.17, 15) is 0 Å². The van der Waals surface area contributed by atoms with Gasteiger partial charge in [-0.15, -0.1) is 0 Å². The Morgan fingerprint density at radius 2 is 2.11 bits per heavy atom. The summed E-state index contributed by atoms with van der Waals surface area (Å²) in [5, 5.41) is 3.63. The molecule has 0 aromatic heterocycles. The van der Waals surface area contributed by atoms with Gasteiger partial charge < -0.3 is 10.1 Å². The van der Waals surface area contributed by atoms with Gasteiger partial charge in [0.1, 0.15) is 0 Å². The molecule has 0 saturated carbocycles. The molecule has 2 nitrogen and oxygen atoms in total. The Balaban J connectivity index is 2.71. The van der Waals surface area contributed by atoms with Crippen LogP contribution in [0.2, 0.25) is 0 Å². The summed E-state index contributed by atoms with van der Waals surface area (Å²) in [6, 6.07) is 8.96. The van der Waals surface area contributed by atoms with Crippen LogP contribution in [0.4, 0.5) is 0 Å². The minimum Gasteiger partial charge on any atom is -0.379 e. The fourth-order valence-electron chi connectivity index (χ4n) is 2.02. The van der Waals surface area contributed by atoms with Crippen molar-refractivity contribution in [3.63, 3.8) is 0 Å². The third kappa shape index (κ3) is 6.07. The van der Waals surface area contributed by atoms with Crippen molar-refractivity contribution in [3.05, 3.63) is 34.3 Å². The Hall–Kier alpha value is -0.380. The van der Waals surface area contributed by atoms with Crippen molar-refractivity contribution in [3.8, 4) is 0 Å². The molecule has 0 aliphatic carbocycles. The van der Waals surface area contributed by atoms with Crippen molar-refractivity contribution in [1.82, 2.24) is 5.32 Å². The Labute approximate surface area is 126 Å². The van der Waals surface area contributed by atoms with Gasteiger partial charge in [-0.2, -0.15) is 0 Å². The maximum atomic E-state index is 5.52. The van der Waals surface area contributed by atoms with Gasteiger partial charge in [-0.05, 0) is 57.4 Å². The summed E-state index contributed by atoms with van der Waals surface area (Å²) in [6.07, 6.45) is 3.27. The summed E-state index contributed by atoms with van der Waals surface area (Å²) >= 11 is 3.55. The lowest BCUT2D eigenvalue weighted by Gasteiger charge is -2.27. The SMILES string of the molecule is CCCNC(CCC(C)(C)OC)c1cccc(Br)c1. The second-order valence-corrected chi connectivity index (χ2v) is 6.48. The lowest BCUT2D eigenvalue weighted by atomic mass is 9.95. The smallest absolute Gasteiger partial charge is 0.0623 e. The lowest BCUT2D eigenvalue weighted by Crippen LogP contribution is -2.27. The summed E-state index contributed by atoms with van der Waals surface area (Å²) in [7, 11) is 1.79. The second kappa shape index (κ2) is 8.03. The van der Waals surface area contributed by atoms with Crippen LogP contribution in [0.5, 0.6) is 0 Å². The maximum absolute atomic E-state index is 5.52. The Bertz CT molecular complexity index is 379. The largest absolute Gasteiger partial charge is 0.379 e. The standard InChI is InChI=1S/C16H26BrNO/c1-5-11-18-15(9-10-16(2,3)19-4)13-7-6-8-14(17)12-13/h6-8,12,15,18H,5,9-11H2,1-4H3. The minimum absolute atomic E-state index is 0.0574. The number of nitrogens with one attached hydrogen (secondary N) is 1. The molecule has 1 aromatic carbocycles. The van der Waals surface area contributed by atoms with Crippen molar-refractivity contribution in [2.45, 2.75) is 51.7 Å². The molecule has 0 aliphatic rings. The van der Waals surface area contributed by atoms with Crippen LogP contribution in [0.15, 0.2) is 28.7 Å². The molecule has 0 fully saturated rings. The number of ether oxygens (including phenoxy) is 1. The molecule has 0 spiro atoms. The van der Waals surface area contributed by atoms with E-state index in [1.807, 2.05) is 0 Å². The molecule has 19 heavy (non-hydrogen) atoms. The third-order valence-corrected chi connectivity index (χ3v) is 3.97. The third-order valence-electron chi connectivity index (χ3n) is 3.48. The monoisotopic (exact) mass is 327 g/mol. The summed E-state index contributed by atoms with van der Waals surface area (Å²) in [5.41, 5.74) is 1.28. The number of halogens is 1. The zero-order valence-electron chi connectivity index (χ0n) is 12.5. The molecule has 0 heterocycles. The zero-order valence-corrected chi connectivity index (χ0v) is 14.1. The van der Waals surface area contributed by atoms with Crippen LogP contribution in [0.3, 0.4) is 0 Å². The lowest BCUT2D eigenvalue weighted by molar-refractivity contribution is 0.0117. The van der Waals surface area contributed by atoms with Crippen LogP contribution in [-0.4, -0.2) is 19.3 Å². The van der Waals surface area contributed by atoms with Crippen LogP contribution < -0.4 is 5.32 Å². The van der Waals surface area contributed by atoms with Crippen molar-refractivity contribution in [1.29, 1.82) is 0 Å². The first-order valence-electron chi connectivity index (χ1n) is 7.02. The van der Waals surface area contributed by atoms with E-state index in [1.165, 1.54) is 5.56 Å². The highest BCUT2D eigenvalue weighted by Gasteiger charge is 2.20. The van der Waals surface area contributed by atoms with E-state index in [4.69, 9.17) is 4.74 Å². The molecule has 0 amide bonds. The van der Waals surface area contributed by atoms with Crippen LogP contribution >= 0.6 is 15.9 Å². The number of rotatable bonds is 8. The average molecular weight is 328 g/mol. The fraction of sp³-hybridized carbons (Fsp3) is 0.625. The number of hydrogen-bond acceptors (Lipinski definition) is 2. The van der Waals surface area contributed by atoms with Crippen LogP contribution in [0.25, 0.3) is 0 Å². The summed E-state index contributed by atoms with van der Waals surface area (Å²) in [4.78, 5) is 0. The van der Waals surface area contributed by atoms with Crippen LogP contribution in [0, 0.1) is 0 Å². The van der Waals surface area contributed by atoms with Gasteiger partial charge in [0.2, 0.25) is 0 Å². The van der Waals surface area contributed by atoms with Gasteiger partial charge in [-0.3, -0.25) is 0 Å². The summed E-state index contributed by atoms with van der Waals surface area (Å²) in [6.45, 7) is 7.53. The van der Waals surface area contributed by atoms with E-state index in [1.54, 1.807) is 7.11 Å². The predicted octanol–water partition coefficient (Wildman–Crippen LogP) is 4.70. The Morgan fingerprint density at radius 3 is 2.68 bits per heavy atom. The first kappa shape index (κ1) is 16.7. The molecule has 0 radical (unpaired) electrons. The van der Waals surface area contributed by atoms with Crippen LogP contribution in [-0.2, 0) is 4.74 Å². The zero-order chi connectivity index (χ0) is 14.3. The number of benzene rings is 1. The van der Waals surface area contributed by atoms with Crippen molar-refractivity contribution >= 4 is 15.9 Å². The van der Waals surface area contributed by atoms with Crippen LogP contribution in [0.1, 0.15) is 51.6 Å². The van der Waals surface area contributed by atoms with Crippen molar-refractivity contribution in [2.75, 3.05) is 13.7 Å². The molecule has 1 aromatic rings. The topological polar surface area (TPSA) is 21.3 Å². The molecule has 1 unspecified atom stereocenters. The van der Waals surface area contributed by atoms with E-state index in [2.05, 4.69) is 66.3 Å². The molecule has 1 atom stereocenters. The second-order valence-electron chi connectivity index (χ2n) is 5.56. The molecule has 3 heteroatoms. The van der Waals surface area contributed by atoms with E-state index in [-0.39, 0.29) is 5.60 Å². The predicted molar refractivity (Wildman–Crippen MR) is 85.5 cm³/mol. The van der Waals surface area contributed by atoms with E-state index in [0.29, 0.717) is 6.04 Å². The Kier molecular flexibility index (Phi) is 7.05. The average Bonchev–Trinajstić information content (AvgIpc) is 2.39. The number of methoxy groups -OCH3 is 1. The first-order valence-corrected chi connectivity index (χ1v) is 7.82. The van der Waals surface area contributed by atoms with Gasteiger partial charge in [-0.1, -0.05) is 35.0 Å². The quantitative estimate of drug-likeness (QED) is 0.747. The molecular weight excluding hydrogens is 302 g/mol. The normalized spacial score (nSPS) is 13.5. The minimum atomic E-state index is -0.0574. The highest BCUT2D eigenvalue weighted by molar-refractivity contribution is 9.10. The van der Waals surface area contributed by atoms with Crippen molar-refractivity contribution < 1.29 is 4.74 Å². The van der Waals surface area contributed by atoms with E-state index in [0.717, 1.165) is 30.3 Å². The highest BCUT2D eigenvalue weighted by atomic mass is 79.9. The fourth-order valence-corrected chi connectivity index (χ4v) is 2.44.